The van der Waals surface area contributed by atoms with Crippen molar-refractivity contribution in [2.45, 2.75) is 52.4 Å². The maximum absolute atomic E-state index is 13.3. The predicted molar refractivity (Wildman–Crippen MR) is 69.9 cm³/mol. The summed E-state index contributed by atoms with van der Waals surface area (Å²) in [6.07, 6.45) is -2.60. The standard InChI is InChI=1S/C15H18F4O/c1-4-9-7-10(5-2)12(11(6-3)8-9)13(20)15(18,19)14(16)17/h7-8,14H,4-6H2,1-3H3. The van der Waals surface area contributed by atoms with E-state index in [-0.39, 0.29) is 5.56 Å². The number of hydrogen-bond donors (Lipinski definition) is 0. The molecule has 0 aliphatic heterocycles. The fraction of sp³-hybridized carbons (Fsp3) is 0.533. The van der Waals surface area contributed by atoms with Crippen LogP contribution in [0.5, 0.6) is 0 Å². The quantitative estimate of drug-likeness (QED) is 0.558. The minimum Gasteiger partial charge on any atom is -0.287 e. The molecule has 0 fully saturated rings. The van der Waals surface area contributed by atoms with E-state index < -0.39 is 18.1 Å². The zero-order valence-corrected chi connectivity index (χ0v) is 11.8. The number of carbonyl (C=O) groups is 1. The molecule has 0 saturated heterocycles. The summed E-state index contributed by atoms with van der Waals surface area (Å²) in [5.74, 6) is -6.41. The lowest BCUT2D eigenvalue weighted by atomic mass is 9.89. The van der Waals surface area contributed by atoms with Crippen molar-refractivity contribution in [2.24, 2.45) is 0 Å². The molecule has 0 N–H and O–H groups in total. The minimum atomic E-state index is -4.64. The van der Waals surface area contributed by atoms with Gasteiger partial charge < -0.3 is 0 Å². The second-order valence-corrected chi connectivity index (χ2v) is 4.60. The molecule has 0 heterocycles. The number of benzene rings is 1. The molecule has 0 aromatic heterocycles. The molecule has 0 bridgehead atoms. The fourth-order valence-electron chi connectivity index (χ4n) is 2.16. The lowest BCUT2D eigenvalue weighted by molar-refractivity contribution is -0.0959. The zero-order valence-electron chi connectivity index (χ0n) is 11.8. The molecule has 0 saturated carbocycles. The molecule has 1 aromatic carbocycles. The van der Waals surface area contributed by atoms with E-state index in [1.165, 1.54) is 0 Å². The Morgan fingerprint density at radius 2 is 1.50 bits per heavy atom. The Morgan fingerprint density at radius 3 is 1.80 bits per heavy atom. The number of Topliss-reactive ketones (excluding diaryl/α,β-unsaturated/α-hetero) is 1. The van der Waals surface area contributed by atoms with Gasteiger partial charge in [0.25, 0.3) is 0 Å². The predicted octanol–water partition coefficient (Wildman–Crippen LogP) is 4.46. The third kappa shape index (κ3) is 3.02. The van der Waals surface area contributed by atoms with Gasteiger partial charge in [-0.25, -0.2) is 8.78 Å². The van der Waals surface area contributed by atoms with Gasteiger partial charge in [0, 0.05) is 5.56 Å². The third-order valence-electron chi connectivity index (χ3n) is 3.34. The molecule has 0 unspecified atom stereocenters. The Labute approximate surface area is 116 Å². The van der Waals surface area contributed by atoms with Crippen molar-refractivity contribution in [2.75, 3.05) is 0 Å². The van der Waals surface area contributed by atoms with Gasteiger partial charge in [-0.05, 0) is 36.0 Å². The van der Waals surface area contributed by atoms with E-state index in [0.29, 0.717) is 30.4 Å². The normalized spacial score (nSPS) is 12.0. The second kappa shape index (κ2) is 6.37. The van der Waals surface area contributed by atoms with Crippen LogP contribution in [0.4, 0.5) is 17.6 Å². The van der Waals surface area contributed by atoms with Crippen molar-refractivity contribution < 1.29 is 22.4 Å². The zero-order chi connectivity index (χ0) is 15.5. The van der Waals surface area contributed by atoms with Crippen molar-refractivity contribution in [3.8, 4) is 0 Å². The van der Waals surface area contributed by atoms with Crippen LogP contribution in [0.3, 0.4) is 0 Å². The molecule has 0 aliphatic carbocycles. The molecular formula is C15H18F4O. The van der Waals surface area contributed by atoms with Gasteiger partial charge in [-0.3, -0.25) is 4.79 Å². The molecule has 20 heavy (non-hydrogen) atoms. The van der Waals surface area contributed by atoms with Crippen LogP contribution in [-0.4, -0.2) is 18.1 Å². The molecule has 0 atom stereocenters. The molecule has 5 heteroatoms. The van der Waals surface area contributed by atoms with Crippen molar-refractivity contribution in [3.05, 3.63) is 34.4 Å². The molecule has 0 radical (unpaired) electrons. The van der Waals surface area contributed by atoms with Crippen LogP contribution >= 0.6 is 0 Å². The first kappa shape index (κ1) is 16.7. The van der Waals surface area contributed by atoms with Gasteiger partial charge >= 0.3 is 12.3 Å². The molecule has 112 valence electrons. The van der Waals surface area contributed by atoms with Gasteiger partial charge in [0.15, 0.2) is 0 Å². The summed E-state index contributed by atoms with van der Waals surface area (Å²) < 4.78 is 51.5. The number of aryl methyl sites for hydroxylation is 3. The highest BCUT2D eigenvalue weighted by atomic mass is 19.3. The number of ketones is 1. The van der Waals surface area contributed by atoms with E-state index >= 15 is 0 Å². The van der Waals surface area contributed by atoms with Crippen molar-refractivity contribution >= 4 is 5.78 Å². The van der Waals surface area contributed by atoms with Crippen molar-refractivity contribution in [1.29, 1.82) is 0 Å². The molecule has 1 rings (SSSR count). The first-order valence-electron chi connectivity index (χ1n) is 6.64. The number of carbonyl (C=O) groups excluding carboxylic acids is 1. The fourth-order valence-corrected chi connectivity index (χ4v) is 2.16. The smallest absolute Gasteiger partial charge is 0.287 e. The van der Waals surface area contributed by atoms with Gasteiger partial charge in [-0.15, -0.1) is 0 Å². The van der Waals surface area contributed by atoms with Gasteiger partial charge in [0.2, 0.25) is 5.78 Å². The lowest BCUT2D eigenvalue weighted by Crippen LogP contribution is -2.37. The molecule has 1 aromatic rings. The summed E-state index contributed by atoms with van der Waals surface area (Å²) in [6.45, 7) is 5.33. The molecule has 1 nitrogen and oxygen atoms in total. The van der Waals surface area contributed by atoms with Crippen LogP contribution in [0.2, 0.25) is 0 Å². The summed E-state index contributed by atoms with van der Waals surface area (Å²) >= 11 is 0. The SMILES string of the molecule is CCc1cc(CC)c(C(=O)C(F)(F)C(F)F)c(CC)c1. The van der Waals surface area contributed by atoms with Crippen LogP contribution in [0.15, 0.2) is 12.1 Å². The molecule has 0 spiro atoms. The Morgan fingerprint density at radius 1 is 1.05 bits per heavy atom. The topological polar surface area (TPSA) is 17.1 Å². The third-order valence-corrected chi connectivity index (χ3v) is 3.34. The molecule has 0 aliphatic rings. The maximum atomic E-state index is 13.3. The van der Waals surface area contributed by atoms with E-state index in [1.807, 2.05) is 6.92 Å². The summed E-state index contributed by atoms with van der Waals surface area (Å²) in [7, 11) is 0. The second-order valence-electron chi connectivity index (χ2n) is 4.60. The highest BCUT2D eigenvalue weighted by molar-refractivity contribution is 6.04. The van der Waals surface area contributed by atoms with Crippen LogP contribution < -0.4 is 0 Å². The van der Waals surface area contributed by atoms with Crippen molar-refractivity contribution in [1.82, 2.24) is 0 Å². The Bertz CT molecular complexity index is 470. The van der Waals surface area contributed by atoms with E-state index in [9.17, 15) is 22.4 Å². The Balaban J connectivity index is 3.46. The Kier molecular flexibility index (Phi) is 5.31. The van der Waals surface area contributed by atoms with Gasteiger partial charge in [0.05, 0.1) is 0 Å². The average Bonchev–Trinajstić information content (AvgIpc) is 2.44. The highest BCUT2D eigenvalue weighted by Crippen LogP contribution is 2.31. The minimum absolute atomic E-state index is 0.238. The van der Waals surface area contributed by atoms with Crippen LogP contribution in [0, 0.1) is 0 Å². The average molecular weight is 290 g/mol. The van der Waals surface area contributed by atoms with Crippen molar-refractivity contribution in [3.63, 3.8) is 0 Å². The van der Waals surface area contributed by atoms with E-state index in [4.69, 9.17) is 0 Å². The van der Waals surface area contributed by atoms with Gasteiger partial charge in [-0.1, -0.05) is 32.9 Å². The van der Waals surface area contributed by atoms with Crippen LogP contribution in [0.1, 0.15) is 47.8 Å². The van der Waals surface area contributed by atoms with E-state index in [2.05, 4.69) is 0 Å². The van der Waals surface area contributed by atoms with E-state index in [0.717, 1.165) is 5.56 Å². The lowest BCUT2D eigenvalue weighted by Gasteiger charge is -2.19. The number of alkyl halides is 4. The first-order chi connectivity index (χ1) is 9.29. The maximum Gasteiger partial charge on any atom is 0.368 e. The number of halogens is 4. The summed E-state index contributed by atoms with van der Waals surface area (Å²) in [6, 6.07) is 3.29. The highest BCUT2D eigenvalue weighted by Gasteiger charge is 2.50. The summed E-state index contributed by atoms with van der Waals surface area (Å²) in [5, 5.41) is 0. The van der Waals surface area contributed by atoms with Gasteiger partial charge in [0.1, 0.15) is 0 Å². The van der Waals surface area contributed by atoms with E-state index in [1.54, 1.807) is 26.0 Å². The number of hydrogen-bond acceptors (Lipinski definition) is 1. The largest absolute Gasteiger partial charge is 0.368 e. The summed E-state index contributed by atoms with van der Waals surface area (Å²) in [4.78, 5) is 11.8. The monoisotopic (exact) mass is 290 g/mol. The Hall–Kier alpha value is -1.39. The first-order valence-corrected chi connectivity index (χ1v) is 6.64. The van der Waals surface area contributed by atoms with Gasteiger partial charge in [-0.2, -0.15) is 8.78 Å². The summed E-state index contributed by atoms with van der Waals surface area (Å²) in [5.41, 5.74) is 1.49. The molecular weight excluding hydrogens is 272 g/mol. The number of rotatable bonds is 6. The van der Waals surface area contributed by atoms with Crippen LogP contribution in [0.25, 0.3) is 0 Å². The van der Waals surface area contributed by atoms with Crippen LogP contribution in [-0.2, 0) is 19.3 Å². The molecule has 0 amide bonds.